The highest BCUT2D eigenvalue weighted by atomic mass is 16.3. The first kappa shape index (κ1) is 80.0. The van der Waals surface area contributed by atoms with Crippen LogP contribution < -0.4 is 76.1 Å². The lowest BCUT2D eigenvalue weighted by Crippen LogP contribution is -2.63. The number of aromatic amines is 1. The minimum atomic E-state index is -1.82. The number of fused-ring (bicyclic) bond motifs is 1. The van der Waals surface area contributed by atoms with E-state index in [0.29, 0.717) is 65.4 Å². The summed E-state index contributed by atoms with van der Waals surface area (Å²) in [7, 11) is 0. The van der Waals surface area contributed by atoms with Crippen LogP contribution in [0.5, 0.6) is 0 Å². The van der Waals surface area contributed by atoms with Crippen molar-refractivity contribution in [2.24, 2.45) is 22.9 Å². The summed E-state index contributed by atoms with van der Waals surface area (Å²) in [5.41, 5.74) is 26.1. The number of carbonyl (C=O) groups is 11. The number of hydrogen-bond donors (Lipinski definition) is 18. The van der Waals surface area contributed by atoms with Crippen molar-refractivity contribution in [2.45, 2.75) is 190 Å². The van der Waals surface area contributed by atoms with Gasteiger partial charge in [0.15, 0.2) is 0 Å². The summed E-state index contributed by atoms with van der Waals surface area (Å²) in [6, 6.07) is 17.1. The Morgan fingerprint density at radius 3 is 1.24 bits per heavy atom. The molecule has 0 bridgehead atoms. The van der Waals surface area contributed by atoms with Gasteiger partial charge in [0.25, 0.3) is 0 Å². The van der Waals surface area contributed by atoms with Gasteiger partial charge in [-0.15, -0.1) is 0 Å². The molecule has 13 atom stereocenters. The van der Waals surface area contributed by atoms with Crippen LogP contribution in [-0.2, 0) is 78.4 Å². The zero-order chi connectivity index (χ0) is 72.6. The van der Waals surface area contributed by atoms with Gasteiger partial charge in [0, 0.05) is 48.8 Å². The highest BCUT2D eigenvalue weighted by Gasteiger charge is 2.38. The van der Waals surface area contributed by atoms with Crippen molar-refractivity contribution in [1.82, 2.24) is 58.2 Å². The van der Waals surface area contributed by atoms with E-state index >= 15 is 9.59 Å². The standard InChI is InChI=1S/C70H99N15O14/c1-5-21-41(2)76-68(97)57(40-86)83-70(99)60(43(4)88)85-67(96)54(36-46-26-13-8-14-27-46)82-69(98)59(42(3)87)84-62(91)51(31-18-20-33-72)77-65(94)55(37-47-39-75-50-30-16-15-28-48(47)50)81-64(93)53(35-45-24-11-7-12-25-45)79-63(92)52(34-44-22-9-6-10-23-44)80-66(95)56(38-58(74)89)78-61(90)49(73)29-17-19-32-71/h6-16,22-28,30,39,41-43,49,51-57,59-60,75,86-88H,5,17-21,29,31-38,40,71-73H2,1-4H3,(H2,74,89)(H,76,97)(H,77,94)(H,78,90)(H,79,92)(H,80,95)(H,81,93)(H,82,98)(H,83,99)(H,84,91)(H,85,96)/t41-,42?,43?,49+,51+,52+,53+,54+,55-,56+,57+,59+,60+/m1/s1. The monoisotopic (exact) mass is 1370 g/mol. The molecule has 0 spiro atoms. The Labute approximate surface area is 576 Å². The van der Waals surface area contributed by atoms with Crippen LogP contribution in [0.3, 0.4) is 0 Å². The van der Waals surface area contributed by atoms with Crippen LogP contribution in [-0.4, -0.2) is 184 Å². The number of primary amides is 1. The molecule has 538 valence electrons. The number of amides is 11. The van der Waals surface area contributed by atoms with Crippen molar-refractivity contribution in [2.75, 3.05) is 19.7 Å². The minimum Gasteiger partial charge on any atom is -0.394 e. The van der Waals surface area contributed by atoms with Gasteiger partial charge in [0.1, 0.15) is 54.4 Å². The van der Waals surface area contributed by atoms with Crippen LogP contribution in [0.25, 0.3) is 10.9 Å². The lowest BCUT2D eigenvalue weighted by Gasteiger charge is -2.29. The quantitative estimate of drug-likeness (QED) is 0.0194. The maximum atomic E-state index is 15.2. The van der Waals surface area contributed by atoms with Crippen molar-refractivity contribution >= 4 is 75.9 Å². The van der Waals surface area contributed by atoms with Crippen LogP contribution in [0.15, 0.2) is 121 Å². The second kappa shape index (κ2) is 41.6. The number of hydrogen-bond acceptors (Lipinski definition) is 17. The van der Waals surface area contributed by atoms with Crippen LogP contribution >= 0.6 is 0 Å². The Morgan fingerprint density at radius 2 is 0.798 bits per heavy atom. The second-order valence-electron chi connectivity index (χ2n) is 24.7. The summed E-state index contributed by atoms with van der Waals surface area (Å²) in [6.07, 6.45) is 0.124. The van der Waals surface area contributed by atoms with E-state index in [9.17, 15) is 58.5 Å². The summed E-state index contributed by atoms with van der Waals surface area (Å²) >= 11 is 0. The normalized spacial score (nSPS) is 15.2. The van der Waals surface area contributed by atoms with E-state index in [4.69, 9.17) is 22.9 Å². The van der Waals surface area contributed by atoms with E-state index in [2.05, 4.69) is 58.2 Å². The molecule has 0 aliphatic carbocycles. The van der Waals surface area contributed by atoms with Crippen molar-refractivity contribution in [3.05, 3.63) is 144 Å². The van der Waals surface area contributed by atoms with Crippen molar-refractivity contribution in [3.8, 4) is 0 Å². The Morgan fingerprint density at radius 1 is 0.424 bits per heavy atom. The molecule has 5 aromatic rings. The first-order valence-corrected chi connectivity index (χ1v) is 33.5. The van der Waals surface area contributed by atoms with Crippen LogP contribution in [0, 0.1) is 0 Å². The molecule has 1 heterocycles. The van der Waals surface area contributed by atoms with Gasteiger partial charge in [0.05, 0.1) is 31.3 Å². The SMILES string of the molecule is CCC[C@@H](C)NC(=O)[C@H](CO)NC(=O)[C@@H](NC(=O)[C@H](Cc1ccccc1)NC(=O)[C@@H](NC(=O)[C@H](CCCCN)NC(=O)[C@@H](Cc1c[nH]c2ccccc12)NC(=O)[C@H](Cc1ccccc1)NC(=O)[C@H](Cc1ccccc1)NC(=O)[C@H](CC(N)=O)NC(=O)[C@@H](N)CCCCN)C(C)O)C(C)O. The van der Waals surface area contributed by atoms with E-state index < -0.39 is 151 Å². The number of unbranched alkanes of at least 4 members (excludes halogenated alkanes) is 2. The van der Waals surface area contributed by atoms with Gasteiger partial charge in [-0.2, -0.15) is 0 Å². The molecule has 1 aromatic heterocycles. The number of aliphatic hydroxyl groups is 3. The third kappa shape index (κ3) is 26.6. The second-order valence-corrected chi connectivity index (χ2v) is 24.7. The van der Waals surface area contributed by atoms with Crippen LogP contribution in [0.4, 0.5) is 0 Å². The van der Waals surface area contributed by atoms with Gasteiger partial charge >= 0.3 is 0 Å². The van der Waals surface area contributed by atoms with Crippen molar-refractivity contribution < 1.29 is 68.1 Å². The summed E-state index contributed by atoms with van der Waals surface area (Å²) in [6.45, 7) is 5.78. The highest BCUT2D eigenvalue weighted by Crippen LogP contribution is 2.20. The topological polar surface area (TPSA) is 489 Å². The predicted octanol–water partition coefficient (Wildman–Crippen LogP) is -1.68. The van der Waals surface area contributed by atoms with Gasteiger partial charge in [-0.05, 0) is 101 Å². The van der Waals surface area contributed by atoms with Gasteiger partial charge in [-0.3, -0.25) is 52.7 Å². The summed E-state index contributed by atoms with van der Waals surface area (Å²) in [4.78, 5) is 158. The molecule has 29 nitrogen and oxygen atoms in total. The van der Waals surface area contributed by atoms with E-state index in [1.807, 2.05) is 6.92 Å². The highest BCUT2D eigenvalue weighted by molar-refractivity contribution is 6.00. The molecule has 22 N–H and O–H groups in total. The third-order valence-corrected chi connectivity index (χ3v) is 16.5. The van der Waals surface area contributed by atoms with Crippen molar-refractivity contribution in [3.63, 3.8) is 0 Å². The van der Waals surface area contributed by atoms with Crippen LogP contribution in [0.1, 0.15) is 108 Å². The largest absolute Gasteiger partial charge is 0.394 e. The fourth-order valence-electron chi connectivity index (χ4n) is 11.0. The van der Waals surface area contributed by atoms with Gasteiger partial charge in [-0.1, -0.05) is 129 Å². The Balaban J connectivity index is 1.46. The number of carbonyl (C=O) groups excluding carboxylic acids is 11. The molecule has 4 aromatic carbocycles. The maximum Gasteiger partial charge on any atom is 0.245 e. The zero-order valence-electron chi connectivity index (χ0n) is 56.5. The number of nitrogens with one attached hydrogen (secondary N) is 11. The van der Waals surface area contributed by atoms with Gasteiger partial charge in [0.2, 0.25) is 65.0 Å². The summed E-state index contributed by atoms with van der Waals surface area (Å²) in [5.74, 6) is -10.2. The lowest BCUT2D eigenvalue weighted by atomic mass is 10.00. The molecule has 99 heavy (non-hydrogen) atoms. The van der Waals surface area contributed by atoms with Crippen LogP contribution in [0.2, 0.25) is 0 Å². The molecule has 0 aliphatic rings. The average Bonchev–Trinajstić information content (AvgIpc) is 1.77. The fraction of sp³-hybridized carbons (Fsp3) is 0.471. The number of benzene rings is 4. The molecule has 0 saturated heterocycles. The average molecular weight is 1370 g/mol. The number of rotatable bonds is 43. The molecule has 0 radical (unpaired) electrons. The van der Waals surface area contributed by atoms with E-state index in [1.54, 1.807) is 128 Å². The number of aromatic nitrogens is 1. The predicted molar refractivity (Wildman–Crippen MR) is 370 cm³/mol. The Kier molecular flexibility index (Phi) is 33.6. The molecule has 0 saturated carbocycles. The Hall–Kier alpha value is -9.65. The minimum absolute atomic E-state index is 0.0954. The Bertz CT molecular complexity index is 3430. The van der Waals surface area contributed by atoms with Gasteiger partial charge < -0.3 is 96.4 Å². The van der Waals surface area contributed by atoms with E-state index in [-0.39, 0.29) is 57.5 Å². The first-order valence-electron chi connectivity index (χ1n) is 33.5. The molecule has 2 unspecified atom stereocenters. The summed E-state index contributed by atoms with van der Waals surface area (Å²) < 4.78 is 0. The van der Waals surface area contributed by atoms with Crippen molar-refractivity contribution in [1.29, 1.82) is 0 Å². The summed E-state index contributed by atoms with van der Waals surface area (Å²) in [5, 5.41) is 58.9. The van der Waals surface area contributed by atoms with E-state index in [1.165, 1.54) is 13.8 Å². The number of para-hydroxylation sites is 1. The molecular formula is C70H99N15O14. The zero-order valence-corrected chi connectivity index (χ0v) is 56.5. The molecule has 0 aliphatic heterocycles. The molecule has 11 amide bonds. The number of nitrogens with two attached hydrogens (primary N) is 4. The van der Waals surface area contributed by atoms with Gasteiger partial charge in [-0.25, -0.2) is 0 Å². The molecule has 29 heteroatoms. The smallest absolute Gasteiger partial charge is 0.245 e. The number of aliphatic hydroxyl groups excluding tert-OH is 3. The van der Waals surface area contributed by atoms with E-state index in [0.717, 1.165) is 6.42 Å². The third-order valence-electron chi connectivity index (χ3n) is 16.5. The molecule has 0 fully saturated rings. The molecular weight excluding hydrogens is 1270 g/mol. The first-order chi connectivity index (χ1) is 47.4. The number of H-pyrrole nitrogens is 1. The molecule has 5 rings (SSSR count). The fourth-order valence-corrected chi connectivity index (χ4v) is 11.0. The maximum absolute atomic E-state index is 15.2. The lowest BCUT2D eigenvalue weighted by molar-refractivity contribution is -0.138.